The summed E-state index contributed by atoms with van der Waals surface area (Å²) in [6.07, 6.45) is 22.9. The summed E-state index contributed by atoms with van der Waals surface area (Å²) in [4.78, 5) is 0. The standard InChI is InChI=1S/C75H88O7/c1-44-30-55(36-49-26-28-67(76)65(38-49)73(57-40-61(69(78)32-45(57)2)51-18-10-6-11-19-51)58-41-62(70(79)33-46(58)3)52-20-12-7-13-21-52)75(82)56(31-44)37-50-27-29-68(77)66(39-50)74(59-42-63(71(80)34-47(59)4)53-22-14-8-15-23-53)60-43-64(72(81)35-48(60)5)54-24-16-9-17-25-54/h26-35,38-43,51-54,73-74,76-82H,6-25,36-37H2,1-5H3. The van der Waals surface area contributed by atoms with Gasteiger partial charge in [0.15, 0.2) is 0 Å². The lowest BCUT2D eigenvalue weighted by Crippen LogP contribution is -2.13. The van der Waals surface area contributed by atoms with Gasteiger partial charge < -0.3 is 35.7 Å². The van der Waals surface area contributed by atoms with Crippen molar-refractivity contribution >= 4 is 0 Å². The molecule has 0 radical (unpaired) electrons. The summed E-state index contributed by atoms with van der Waals surface area (Å²) in [5, 5.41) is 83.1. The quantitative estimate of drug-likeness (QED) is 0.0538. The van der Waals surface area contributed by atoms with E-state index in [1.807, 2.05) is 36.4 Å². The molecule has 7 aromatic carbocycles. The van der Waals surface area contributed by atoms with Crippen LogP contribution in [0.3, 0.4) is 0 Å². The smallest absolute Gasteiger partial charge is 0.122 e. The Labute approximate surface area is 487 Å². The molecule has 4 saturated carbocycles. The van der Waals surface area contributed by atoms with Crippen LogP contribution in [-0.2, 0) is 12.8 Å². The van der Waals surface area contributed by atoms with Crippen LogP contribution in [0, 0.1) is 34.6 Å². The molecule has 7 N–H and O–H groups in total. The SMILES string of the molecule is Cc1cc(Cc2ccc(O)c(C(c3cc(C4CCCCC4)c(O)cc3C)c3cc(C4CCCCC4)c(O)cc3C)c2)c(O)c(Cc2ccc(O)c(C(c3cc(C4CCCCC4)c(O)cc3C)c3cc(C4CCCCC4)c(O)cc3C)c2)c1. The van der Waals surface area contributed by atoms with Crippen molar-refractivity contribution in [1.82, 2.24) is 0 Å². The normalized spacial score (nSPS) is 17.1. The molecule has 0 saturated heterocycles. The van der Waals surface area contributed by atoms with E-state index in [1.54, 1.807) is 12.1 Å². The van der Waals surface area contributed by atoms with Gasteiger partial charge in [-0.3, -0.25) is 0 Å². The summed E-state index contributed by atoms with van der Waals surface area (Å²) in [5.41, 5.74) is 17.6. The molecule has 0 atom stereocenters. The third-order valence-electron chi connectivity index (χ3n) is 20.1. The van der Waals surface area contributed by atoms with E-state index in [1.165, 1.54) is 25.7 Å². The van der Waals surface area contributed by atoms with Crippen molar-refractivity contribution < 1.29 is 35.7 Å². The minimum atomic E-state index is -0.409. The van der Waals surface area contributed by atoms with Crippen molar-refractivity contribution in [2.75, 3.05) is 0 Å². The van der Waals surface area contributed by atoms with Gasteiger partial charge in [0.25, 0.3) is 0 Å². The Morgan fingerprint density at radius 1 is 0.305 bits per heavy atom. The van der Waals surface area contributed by atoms with Gasteiger partial charge in [-0.1, -0.05) is 143 Å². The molecular weight excluding hydrogens is 1010 g/mol. The van der Waals surface area contributed by atoms with Gasteiger partial charge in [-0.2, -0.15) is 0 Å². The van der Waals surface area contributed by atoms with Gasteiger partial charge in [0.1, 0.15) is 40.2 Å². The summed E-state index contributed by atoms with van der Waals surface area (Å²) in [5.74, 6) is 2.07. The second-order valence-electron chi connectivity index (χ2n) is 25.8. The minimum Gasteiger partial charge on any atom is -0.508 e. The van der Waals surface area contributed by atoms with Crippen LogP contribution in [0.5, 0.6) is 40.2 Å². The fourth-order valence-electron chi connectivity index (χ4n) is 15.7. The Kier molecular flexibility index (Phi) is 17.0. The Balaban J connectivity index is 0.976. The first-order valence-electron chi connectivity index (χ1n) is 31.4. The number of hydrogen-bond donors (Lipinski definition) is 7. The van der Waals surface area contributed by atoms with E-state index in [2.05, 4.69) is 83.1 Å². The fourth-order valence-corrected chi connectivity index (χ4v) is 15.7. The zero-order chi connectivity index (χ0) is 57.3. The second-order valence-corrected chi connectivity index (χ2v) is 25.8. The van der Waals surface area contributed by atoms with Gasteiger partial charge >= 0.3 is 0 Å². The van der Waals surface area contributed by atoms with Crippen molar-refractivity contribution in [3.63, 3.8) is 0 Å². The maximum absolute atomic E-state index is 12.5. The highest BCUT2D eigenvalue weighted by Gasteiger charge is 2.33. The number of phenols is 7. The van der Waals surface area contributed by atoms with E-state index in [9.17, 15) is 35.7 Å². The maximum Gasteiger partial charge on any atom is 0.122 e. The van der Waals surface area contributed by atoms with Crippen molar-refractivity contribution in [1.29, 1.82) is 0 Å². The first-order valence-corrected chi connectivity index (χ1v) is 31.4. The highest BCUT2D eigenvalue weighted by atomic mass is 16.3. The molecule has 0 unspecified atom stereocenters. The third-order valence-corrected chi connectivity index (χ3v) is 20.1. The molecule has 82 heavy (non-hydrogen) atoms. The monoisotopic (exact) mass is 1100 g/mol. The van der Waals surface area contributed by atoms with Crippen LogP contribution in [0.15, 0.2) is 97.1 Å². The molecule has 7 aromatic rings. The zero-order valence-corrected chi connectivity index (χ0v) is 49.4. The van der Waals surface area contributed by atoms with Crippen molar-refractivity contribution in [3.8, 4) is 40.2 Å². The second kappa shape index (κ2) is 24.5. The first kappa shape index (κ1) is 57.0. The molecule has 430 valence electrons. The summed E-state index contributed by atoms with van der Waals surface area (Å²) >= 11 is 0. The van der Waals surface area contributed by atoms with Crippen LogP contribution in [0.2, 0.25) is 0 Å². The summed E-state index contributed by atoms with van der Waals surface area (Å²) in [6, 6.07) is 32.3. The average Bonchev–Trinajstić information content (AvgIpc) is 3.59. The lowest BCUT2D eigenvalue weighted by Gasteiger charge is -2.29. The molecule has 0 aromatic heterocycles. The Hall–Kier alpha value is -6.86. The molecule has 4 fully saturated rings. The van der Waals surface area contributed by atoms with E-state index in [0.717, 1.165) is 208 Å². The van der Waals surface area contributed by atoms with Crippen molar-refractivity contribution in [2.45, 2.75) is 211 Å². The summed E-state index contributed by atoms with van der Waals surface area (Å²) in [7, 11) is 0. The molecule has 7 heteroatoms. The molecule has 4 aliphatic rings. The van der Waals surface area contributed by atoms with E-state index in [4.69, 9.17) is 0 Å². The van der Waals surface area contributed by atoms with Gasteiger partial charge in [0.05, 0.1) is 0 Å². The van der Waals surface area contributed by atoms with Crippen LogP contribution in [0.1, 0.15) is 270 Å². The first-order chi connectivity index (χ1) is 39.6. The summed E-state index contributed by atoms with van der Waals surface area (Å²) < 4.78 is 0. The fraction of sp³-hybridized carbons (Fsp3) is 0.440. The van der Waals surface area contributed by atoms with Crippen molar-refractivity contribution in [2.24, 2.45) is 0 Å². The molecule has 11 rings (SSSR count). The molecule has 0 aliphatic heterocycles. The molecule has 0 bridgehead atoms. The third kappa shape index (κ3) is 11.9. The Bertz CT molecular complexity index is 3080. The zero-order valence-electron chi connectivity index (χ0n) is 49.4. The van der Waals surface area contributed by atoms with Gasteiger partial charge in [-0.05, 0) is 235 Å². The number of phenolic OH excluding ortho intramolecular Hbond substituents is 7. The number of rotatable bonds is 14. The number of aromatic hydroxyl groups is 7. The largest absolute Gasteiger partial charge is 0.508 e. The lowest BCUT2D eigenvalue weighted by atomic mass is 9.75. The molecule has 4 aliphatic carbocycles. The van der Waals surface area contributed by atoms with Crippen LogP contribution in [0.25, 0.3) is 0 Å². The molecule has 0 spiro atoms. The van der Waals surface area contributed by atoms with Gasteiger partial charge in [0.2, 0.25) is 0 Å². The predicted octanol–water partition coefficient (Wildman–Crippen LogP) is 18.9. The van der Waals surface area contributed by atoms with Gasteiger partial charge in [-0.25, -0.2) is 0 Å². The number of hydrogen-bond acceptors (Lipinski definition) is 7. The minimum absolute atomic E-state index is 0.170. The van der Waals surface area contributed by atoms with Gasteiger partial charge in [0, 0.05) is 35.8 Å². The highest BCUT2D eigenvalue weighted by Crippen LogP contribution is 2.50. The lowest BCUT2D eigenvalue weighted by molar-refractivity contribution is 0.412. The van der Waals surface area contributed by atoms with Crippen molar-refractivity contribution in [3.05, 3.63) is 203 Å². The molecule has 0 amide bonds. The average molecular weight is 1100 g/mol. The maximum atomic E-state index is 12.5. The molecule has 0 heterocycles. The topological polar surface area (TPSA) is 142 Å². The van der Waals surface area contributed by atoms with E-state index in [0.29, 0.717) is 35.8 Å². The van der Waals surface area contributed by atoms with Gasteiger partial charge in [-0.15, -0.1) is 0 Å². The van der Waals surface area contributed by atoms with E-state index >= 15 is 0 Å². The molecular formula is C75H88O7. The van der Waals surface area contributed by atoms with Crippen LogP contribution in [0.4, 0.5) is 0 Å². The Morgan fingerprint density at radius 2 is 0.573 bits per heavy atom. The van der Waals surface area contributed by atoms with E-state index in [-0.39, 0.29) is 40.9 Å². The number of aryl methyl sites for hydroxylation is 5. The molecule has 7 nitrogen and oxygen atoms in total. The van der Waals surface area contributed by atoms with E-state index < -0.39 is 11.8 Å². The van der Waals surface area contributed by atoms with Crippen LogP contribution >= 0.6 is 0 Å². The number of benzene rings is 7. The predicted molar refractivity (Wildman–Crippen MR) is 331 cm³/mol. The highest BCUT2D eigenvalue weighted by molar-refractivity contribution is 5.62. The van der Waals surface area contributed by atoms with Crippen LogP contribution < -0.4 is 0 Å². The van der Waals surface area contributed by atoms with Crippen LogP contribution in [-0.4, -0.2) is 35.7 Å². The Morgan fingerprint density at radius 3 is 0.841 bits per heavy atom. The summed E-state index contributed by atoms with van der Waals surface area (Å²) in [6.45, 7) is 10.3.